The molecule has 0 unspecified atom stereocenters. The van der Waals surface area contributed by atoms with E-state index >= 15 is 0 Å². The van der Waals surface area contributed by atoms with Crippen molar-refractivity contribution in [3.05, 3.63) is 35.6 Å². The summed E-state index contributed by atoms with van der Waals surface area (Å²) in [7, 11) is 0. The second-order valence-corrected chi connectivity index (χ2v) is 4.70. The maximum absolute atomic E-state index is 13.3. The predicted octanol–water partition coefficient (Wildman–Crippen LogP) is 1.93. The third-order valence-corrected chi connectivity index (χ3v) is 3.25. The van der Waals surface area contributed by atoms with Gasteiger partial charge in [-0.2, -0.15) is 0 Å². The molecule has 1 N–H and O–H groups in total. The molecule has 1 aromatic carbocycles. The molecule has 0 aliphatic carbocycles. The molecule has 0 saturated carbocycles. The van der Waals surface area contributed by atoms with E-state index in [0.717, 1.165) is 13.1 Å². The smallest absolute Gasteiger partial charge is 0.234 e. The van der Waals surface area contributed by atoms with Gasteiger partial charge in [-0.15, -0.1) is 0 Å². The Labute approximate surface area is 107 Å². The molecule has 1 aliphatic heterocycles. The number of halogens is 1. The first-order valence-electron chi connectivity index (χ1n) is 6.48. The van der Waals surface area contributed by atoms with Crippen molar-refractivity contribution in [2.45, 2.75) is 25.8 Å². The van der Waals surface area contributed by atoms with Gasteiger partial charge in [0.2, 0.25) is 5.91 Å². The minimum Gasteiger partial charge on any atom is -0.351 e. The Morgan fingerprint density at radius 3 is 2.67 bits per heavy atom. The minimum absolute atomic E-state index is 0.0276. The van der Waals surface area contributed by atoms with Crippen LogP contribution < -0.4 is 5.32 Å². The normalized spacial score (nSPS) is 16.5. The Morgan fingerprint density at radius 1 is 1.22 bits per heavy atom. The molecule has 2 rings (SSSR count). The van der Waals surface area contributed by atoms with Crippen LogP contribution >= 0.6 is 0 Å². The Bertz CT molecular complexity index is 403. The van der Waals surface area contributed by atoms with Crippen LogP contribution in [-0.4, -0.2) is 30.4 Å². The largest absolute Gasteiger partial charge is 0.351 e. The van der Waals surface area contributed by atoms with Gasteiger partial charge in [0.1, 0.15) is 5.82 Å². The van der Waals surface area contributed by atoms with E-state index in [2.05, 4.69) is 10.2 Å². The van der Waals surface area contributed by atoms with Gasteiger partial charge in [0.25, 0.3) is 0 Å². The molecule has 1 amide bonds. The summed E-state index contributed by atoms with van der Waals surface area (Å²) >= 11 is 0. The summed E-state index contributed by atoms with van der Waals surface area (Å²) in [6, 6.07) is 6.52. The average molecular weight is 250 g/mol. The van der Waals surface area contributed by atoms with Crippen LogP contribution in [0.15, 0.2) is 24.3 Å². The average Bonchev–Trinajstić information content (AvgIpc) is 2.39. The Balaban J connectivity index is 1.76. The summed E-state index contributed by atoms with van der Waals surface area (Å²) in [4.78, 5) is 13.9. The highest BCUT2D eigenvalue weighted by atomic mass is 19.1. The van der Waals surface area contributed by atoms with Crippen molar-refractivity contribution in [3.8, 4) is 0 Å². The van der Waals surface area contributed by atoms with Crippen LogP contribution in [0.25, 0.3) is 0 Å². The van der Waals surface area contributed by atoms with Gasteiger partial charge in [-0.1, -0.05) is 24.6 Å². The second kappa shape index (κ2) is 6.50. The molecular formula is C14H19FN2O. The van der Waals surface area contributed by atoms with E-state index in [0.29, 0.717) is 12.1 Å². The van der Waals surface area contributed by atoms with Crippen LogP contribution in [0.5, 0.6) is 0 Å². The fraction of sp³-hybridized carbons (Fsp3) is 0.500. The molecule has 0 radical (unpaired) electrons. The Kier molecular flexibility index (Phi) is 4.70. The number of benzene rings is 1. The first-order chi connectivity index (χ1) is 8.75. The Morgan fingerprint density at radius 2 is 1.94 bits per heavy atom. The summed E-state index contributed by atoms with van der Waals surface area (Å²) in [6.45, 7) is 2.67. The molecule has 1 fully saturated rings. The molecule has 0 atom stereocenters. The van der Waals surface area contributed by atoms with E-state index in [1.807, 2.05) is 0 Å². The molecule has 1 heterocycles. The zero-order valence-electron chi connectivity index (χ0n) is 10.5. The van der Waals surface area contributed by atoms with E-state index in [4.69, 9.17) is 0 Å². The quantitative estimate of drug-likeness (QED) is 0.885. The van der Waals surface area contributed by atoms with Gasteiger partial charge < -0.3 is 5.32 Å². The van der Waals surface area contributed by atoms with Crippen LogP contribution in [0.3, 0.4) is 0 Å². The topological polar surface area (TPSA) is 32.3 Å². The molecule has 1 aliphatic rings. The van der Waals surface area contributed by atoms with Gasteiger partial charge in [0, 0.05) is 12.1 Å². The van der Waals surface area contributed by atoms with Gasteiger partial charge in [-0.25, -0.2) is 4.39 Å². The summed E-state index contributed by atoms with van der Waals surface area (Å²) in [5.74, 6) is -0.295. The number of piperidine rings is 1. The number of carbonyl (C=O) groups excluding carboxylic acids is 1. The van der Waals surface area contributed by atoms with E-state index in [1.54, 1.807) is 18.2 Å². The summed E-state index contributed by atoms with van der Waals surface area (Å²) in [6.07, 6.45) is 3.59. The van der Waals surface area contributed by atoms with Crippen molar-refractivity contribution < 1.29 is 9.18 Å². The minimum atomic E-state index is -0.268. The first kappa shape index (κ1) is 13.0. The van der Waals surface area contributed by atoms with Crippen LogP contribution in [0.4, 0.5) is 4.39 Å². The monoisotopic (exact) mass is 250 g/mol. The second-order valence-electron chi connectivity index (χ2n) is 4.70. The molecule has 0 bridgehead atoms. The highest BCUT2D eigenvalue weighted by molar-refractivity contribution is 5.78. The number of rotatable bonds is 4. The third kappa shape index (κ3) is 3.81. The van der Waals surface area contributed by atoms with Crippen LogP contribution in [0.2, 0.25) is 0 Å². The lowest BCUT2D eigenvalue weighted by molar-refractivity contribution is -0.122. The van der Waals surface area contributed by atoms with Crippen LogP contribution in [0, 0.1) is 5.82 Å². The van der Waals surface area contributed by atoms with E-state index in [-0.39, 0.29) is 18.3 Å². The van der Waals surface area contributed by atoms with Gasteiger partial charge in [0.05, 0.1) is 6.54 Å². The first-order valence-corrected chi connectivity index (χ1v) is 6.48. The molecule has 18 heavy (non-hydrogen) atoms. The maximum atomic E-state index is 13.3. The highest BCUT2D eigenvalue weighted by Crippen LogP contribution is 2.08. The number of hydrogen-bond donors (Lipinski definition) is 1. The molecule has 0 spiro atoms. The molecule has 98 valence electrons. The Hall–Kier alpha value is -1.42. The maximum Gasteiger partial charge on any atom is 0.234 e. The van der Waals surface area contributed by atoms with Gasteiger partial charge >= 0.3 is 0 Å². The lowest BCUT2D eigenvalue weighted by atomic mass is 10.1. The highest BCUT2D eigenvalue weighted by Gasteiger charge is 2.13. The predicted molar refractivity (Wildman–Crippen MR) is 68.5 cm³/mol. The van der Waals surface area contributed by atoms with E-state index in [1.165, 1.54) is 25.3 Å². The van der Waals surface area contributed by atoms with Crippen molar-refractivity contribution >= 4 is 5.91 Å². The van der Waals surface area contributed by atoms with Gasteiger partial charge in [-0.3, -0.25) is 9.69 Å². The van der Waals surface area contributed by atoms with Gasteiger partial charge in [0.15, 0.2) is 0 Å². The van der Waals surface area contributed by atoms with Crippen LogP contribution in [0.1, 0.15) is 24.8 Å². The van der Waals surface area contributed by atoms with Crippen molar-refractivity contribution in [3.63, 3.8) is 0 Å². The number of likely N-dealkylation sites (tertiary alicyclic amines) is 1. The molecule has 1 saturated heterocycles. The SMILES string of the molecule is O=C(CN1CCCCC1)NCc1ccccc1F. The summed E-state index contributed by atoms with van der Waals surface area (Å²) in [5, 5.41) is 2.77. The molecule has 3 nitrogen and oxygen atoms in total. The fourth-order valence-corrected chi connectivity index (χ4v) is 2.21. The third-order valence-electron chi connectivity index (χ3n) is 3.25. The van der Waals surface area contributed by atoms with Crippen LogP contribution in [-0.2, 0) is 11.3 Å². The number of nitrogens with one attached hydrogen (secondary N) is 1. The standard InChI is InChI=1S/C14H19FN2O/c15-13-7-3-2-6-12(13)10-16-14(18)11-17-8-4-1-5-9-17/h2-3,6-7H,1,4-5,8-11H2,(H,16,18). The molecule has 1 aromatic rings. The summed E-state index contributed by atoms with van der Waals surface area (Å²) in [5.41, 5.74) is 0.532. The molecular weight excluding hydrogens is 231 g/mol. The number of amides is 1. The van der Waals surface area contributed by atoms with E-state index < -0.39 is 0 Å². The molecule has 4 heteroatoms. The number of carbonyl (C=O) groups is 1. The number of hydrogen-bond acceptors (Lipinski definition) is 2. The van der Waals surface area contributed by atoms with Crippen molar-refractivity contribution in [2.75, 3.05) is 19.6 Å². The lowest BCUT2D eigenvalue weighted by Crippen LogP contribution is -2.39. The zero-order valence-corrected chi connectivity index (χ0v) is 10.5. The van der Waals surface area contributed by atoms with E-state index in [9.17, 15) is 9.18 Å². The zero-order chi connectivity index (χ0) is 12.8. The molecule has 0 aromatic heterocycles. The fourth-order valence-electron chi connectivity index (χ4n) is 2.21. The van der Waals surface area contributed by atoms with Crippen molar-refractivity contribution in [1.82, 2.24) is 10.2 Å². The lowest BCUT2D eigenvalue weighted by Gasteiger charge is -2.25. The van der Waals surface area contributed by atoms with Crippen molar-refractivity contribution in [1.29, 1.82) is 0 Å². The summed E-state index contributed by atoms with van der Waals surface area (Å²) < 4.78 is 13.3. The van der Waals surface area contributed by atoms with Gasteiger partial charge in [-0.05, 0) is 32.0 Å². The number of nitrogens with zero attached hydrogens (tertiary/aromatic N) is 1. The van der Waals surface area contributed by atoms with Crippen molar-refractivity contribution in [2.24, 2.45) is 0 Å².